The molecule has 21 heavy (non-hydrogen) atoms. The first-order valence-corrected chi connectivity index (χ1v) is 7.66. The van der Waals surface area contributed by atoms with Gasteiger partial charge in [0.15, 0.2) is 5.78 Å². The molecular formula is C17H22FNO2. The summed E-state index contributed by atoms with van der Waals surface area (Å²) in [6.45, 7) is 3.36. The molecule has 1 aliphatic rings. The van der Waals surface area contributed by atoms with Gasteiger partial charge in [-0.2, -0.15) is 0 Å². The van der Waals surface area contributed by atoms with Crippen molar-refractivity contribution in [2.24, 2.45) is 5.92 Å². The molecule has 0 N–H and O–H groups in total. The van der Waals surface area contributed by atoms with E-state index >= 15 is 0 Å². The Morgan fingerprint density at radius 1 is 1.29 bits per heavy atom. The molecule has 1 atom stereocenters. The monoisotopic (exact) mass is 291 g/mol. The molecule has 3 nitrogen and oxygen atoms in total. The van der Waals surface area contributed by atoms with Crippen LogP contribution in [0.5, 0.6) is 0 Å². The van der Waals surface area contributed by atoms with Gasteiger partial charge in [-0.05, 0) is 43.0 Å². The molecule has 0 saturated carbocycles. The predicted molar refractivity (Wildman–Crippen MR) is 79.6 cm³/mol. The standard InChI is InChI=1S/C17H22FNO2/c1-2-13-3-8-17(21)19(11-9-13)12-10-16(20)14-4-6-15(18)7-5-14/h4-7,13H,2-3,8-12H2,1H3. The van der Waals surface area contributed by atoms with Crippen molar-refractivity contribution in [2.45, 2.75) is 39.0 Å². The molecule has 1 amide bonds. The van der Waals surface area contributed by atoms with Gasteiger partial charge in [-0.15, -0.1) is 0 Å². The van der Waals surface area contributed by atoms with E-state index in [1.807, 2.05) is 0 Å². The molecule has 1 unspecified atom stereocenters. The van der Waals surface area contributed by atoms with E-state index in [1.165, 1.54) is 24.3 Å². The molecule has 0 bridgehead atoms. The fraction of sp³-hybridized carbons (Fsp3) is 0.529. The number of rotatable bonds is 5. The number of hydrogen-bond acceptors (Lipinski definition) is 2. The summed E-state index contributed by atoms with van der Waals surface area (Å²) in [5.74, 6) is 0.378. The summed E-state index contributed by atoms with van der Waals surface area (Å²) in [5, 5.41) is 0. The number of nitrogens with zero attached hydrogens (tertiary/aromatic N) is 1. The van der Waals surface area contributed by atoms with Crippen molar-refractivity contribution in [3.8, 4) is 0 Å². The highest BCUT2D eigenvalue weighted by molar-refractivity contribution is 5.96. The van der Waals surface area contributed by atoms with Crippen LogP contribution in [0, 0.1) is 11.7 Å². The molecule has 114 valence electrons. The Kier molecular flexibility index (Phi) is 5.48. The second-order valence-corrected chi connectivity index (χ2v) is 5.66. The van der Waals surface area contributed by atoms with E-state index < -0.39 is 0 Å². The third-order valence-electron chi connectivity index (χ3n) is 4.28. The van der Waals surface area contributed by atoms with Crippen molar-refractivity contribution in [3.63, 3.8) is 0 Å². The molecule has 2 rings (SSSR count). The maximum atomic E-state index is 12.8. The topological polar surface area (TPSA) is 37.4 Å². The molecular weight excluding hydrogens is 269 g/mol. The van der Waals surface area contributed by atoms with Crippen LogP contribution in [0.1, 0.15) is 49.4 Å². The first kappa shape index (κ1) is 15.7. The van der Waals surface area contributed by atoms with Crippen LogP contribution in [0.25, 0.3) is 0 Å². The molecule has 1 aliphatic heterocycles. The van der Waals surface area contributed by atoms with Crippen LogP contribution in [-0.4, -0.2) is 29.7 Å². The maximum absolute atomic E-state index is 12.8. The van der Waals surface area contributed by atoms with Crippen LogP contribution >= 0.6 is 0 Å². The summed E-state index contributed by atoms with van der Waals surface area (Å²) in [6.07, 6.45) is 3.97. The smallest absolute Gasteiger partial charge is 0.222 e. The lowest BCUT2D eigenvalue weighted by Gasteiger charge is -2.20. The number of halogens is 1. The number of likely N-dealkylation sites (tertiary alicyclic amines) is 1. The highest BCUT2D eigenvalue weighted by Crippen LogP contribution is 2.21. The lowest BCUT2D eigenvalue weighted by atomic mass is 9.98. The van der Waals surface area contributed by atoms with Gasteiger partial charge in [0.2, 0.25) is 5.91 Å². The number of amides is 1. The Balaban J connectivity index is 1.88. The Morgan fingerprint density at radius 3 is 2.67 bits per heavy atom. The van der Waals surface area contributed by atoms with Gasteiger partial charge in [-0.3, -0.25) is 9.59 Å². The molecule has 0 spiro atoms. The Bertz CT molecular complexity index is 498. The van der Waals surface area contributed by atoms with E-state index in [-0.39, 0.29) is 17.5 Å². The summed E-state index contributed by atoms with van der Waals surface area (Å²) in [5.41, 5.74) is 0.505. The second-order valence-electron chi connectivity index (χ2n) is 5.66. The zero-order valence-corrected chi connectivity index (χ0v) is 12.5. The van der Waals surface area contributed by atoms with Crippen LogP contribution in [0.3, 0.4) is 0 Å². The van der Waals surface area contributed by atoms with E-state index in [0.29, 0.717) is 30.9 Å². The minimum absolute atomic E-state index is 0.0425. The second kappa shape index (κ2) is 7.34. The van der Waals surface area contributed by atoms with Gasteiger partial charge in [0.25, 0.3) is 0 Å². The zero-order valence-electron chi connectivity index (χ0n) is 12.5. The van der Waals surface area contributed by atoms with E-state index in [1.54, 1.807) is 4.90 Å². The third kappa shape index (κ3) is 4.38. The van der Waals surface area contributed by atoms with Crippen LogP contribution < -0.4 is 0 Å². The van der Waals surface area contributed by atoms with Crippen LogP contribution in [0.2, 0.25) is 0 Å². The molecule has 1 fully saturated rings. The number of benzene rings is 1. The van der Waals surface area contributed by atoms with E-state index in [9.17, 15) is 14.0 Å². The Morgan fingerprint density at radius 2 is 2.00 bits per heavy atom. The summed E-state index contributed by atoms with van der Waals surface area (Å²) in [7, 11) is 0. The van der Waals surface area contributed by atoms with E-state index in [4.69, 9.17) is 0 Å². The van der Waals surface area contributed by atoms with Gasteiger partial charge >= 0.3 is 0 Å². The van der Waals surface area contributed by atoms with Gasteiger partial charge in [0.05, 0.1) is 0 Å². The van der Waals surface area contributed by atoms with Crippen LogP contribution in [0.4, 0.5) is 4.39 Å². The fourth-order valence-corrected chi connectivity index (χ4v) is 2.75. The molecule has 0 aliphatic carbocycles. The van der Waals surface area contributed by atoms with Crippen molar-refractivity contribution in [2.75, 3.05) is 13.1 Å². The summed E-state index contributed by atoms with van der Waals surface area (Å²) < 4.78 is 12.8. The highest BCUT2D eigenvalue weighted by atomic mass is 19.1. The van der Waals surface area contributed by atoms with Crippen molar-refractivity contribution in [1.29, 1.82) is 0 Å². The van der Waals surface area contributed by atoms with Gasteiger partial charge in [0, 0.05) is 31.5 Å². The van der Waals surface area contributed by atoms with Gasteiger partial charge < -0.3 is 4.90 Å². The molecule has 1 aromatic rings. The van der Waals surface area contributed by atoms with Crippen molar-refractivity contribution in [3.05, 3.63) is 35.6 Å². The quantitative estimate of drug-likeness (QED) is 0.779. The fourth-order valence-electron chi connectivity index (χ4n) is 2.75. The Hall–Kier alpha value is -1.71. The number of Topliss-reactive ketones (excluding diaryl/α,β-unsaturated/α-hetero) is 1. The third-order valence-corrected chi connectivity index (χ3v) is 4.28. The lowest BCUT2D eigenvalue weighted by Crippen LogP contribution is -2.32. The summed E-state index contributed by atoms with van der Waals surface area (Å²) >= 11 is 0. The van der Waals surface area contributed by atoms with Crippen molar-refractivity contribution in [1.82, 2.24) is 4.90 Å². The predicted octanol–water partition coefficient (Wildman–Crippen LogP) is 3.44. The maximum Gasteiger partial charge on any atom is 0.222 e. The number of carbonyl (C=O) groups excluding carboxylic acids is 2. The lowest BCUT2D eigenvalue weighted by molar-refractivity contribution is -0.130. The van der Waals surface area contributed by atoms with Crippen LogP contribution in [0.15, 0.2) is 24.3 Å². The molecule has 1 heterocycles. The van der Waals surface area contributed by atoms with Crippen molar-refractivity contribution >= 4 is 11.7 Å². The summed E-state index contributed by atoms with van der Waals surface area (Å²) in [4.78, 5) is 25.9. The van der Waals surface area contributed by atoms with Gasteiger partial charge in [0.1, 0.15) is 5.82 Å². The SMILES string of the molecule is CCC1CCC(=O)N(CCC(=O)c2ccc(F)cc2)CC1. The van der Waals surface area contributed by atoms with Gasteiger partial charge in [-0.1, -0.05) is 13.3 Å². The number of hydrogen-bond donors (Lipinski definition) is 0. The largest absolute Gasteiger partial charge is 0.342 e. The molecule has 4 heteroatoms. The molecule has 1 saturated heterocycles. The van der Waals surface area contributed by atoms with Crippen LogP contribution in [-0.2, 0) is 4.79 Å². The minimum atomic E-state index is -0.347. The average molecular weight is 291 g/mol. The van der Waals surface area contributed by atoms with E-state index in [2.05, 4.69) is 6.92 Å². The van der Waals surface area contributed by atoms with E-state index in [0.717, 1.165) is 25.8 Å². The first-order chi connectivity index (χ1) is 10.1. The average Bonchev–Trinajstić information content (AvgIpc) is 2.67. The minimum Gasteiger partial charge on any atom is -0.342 e. The highest BCUT2D eigenvalue weighted by Gasteiger charge is 2.22. The molecule has 0 radical (unpaired) electrons. The first-order valence-electron chi connectivity index (χ1n) is 7.66. The van der Waals surface area contributed by atoms with Gasteiger partial charge in [-0.25, -0.2) is 4.39 Å². The molecule has 1 aromatic carbocycles. The zero-order chi connectivity index (χ0) is 15.2. The molecule has 0 aromatic heterocycles. The number of carbonyl (C=O) groups is 2. The summed E-state index contributed by atoms with van der Waals surface area (Å²) in [6, 6.07) is 5.57. The normalized spacial score (nSPS) is 19.4. The Labute approximate surface area is 125 Å². The van der Waals surface area contributed by atoms with Crippen molar-refractivity contribution < 1.29 is 14.0 Å². The number of ketones is 1.